The number of hydrogen-bond acceptors (Lipinski definition) is 0. The molecule has 0 amide bonds. The minimum Gasteiger partial charge on any atom is -0.207 e. The molecule has 0 atom stereocenters. The minimum absolute atomic E-state index is 0.0333. The molecule has 0 heterocycles. The third-order valence-electron chi connectivity index (χ3n) is 2.68. The van der Waals surface area contributed by atoms with Gasteiger partial charge in [0.25, 0.3) is 6.08 Å². The number of allylic oxidation sites excluding steroid dienone is 1. The van der Waals surface area contributed by atoms with Crippen molar-refractivity contribution in [1.29, 1.82) is 0 Å². The molecule has 0 saturated carbocycles. The maximum Gasteiger partial charge on any atom is 0.266 e. The molecule has 0 aromatic heterocycles. The molecule has 2 aromatic carbocycles. The first-order chi connectivity index (χ1) is 9.06. The molecular formula is C15H10F4. The third kappa shape index (κ3) is 3.44. The van der Waals surface area contributed by atoms with Gasteiger partial charge in [0.2, 0.25) is 0 Å². The Labute approximate surface area is 108 Å². The predicted octanol–water partition coefficient (Wildman–Crippen LogP) is 4.95. The smallest absolute Gasteiger partial charge is 0.207 e. The molecule has 0 saturated heterocycles. The first-order valence-corrected chi connectivity index (χ1v) is 5.62. The van der Waals surface area contributed by atoms with Crippen LogP contribution in [-0.4, -0.2) is 0 Å². The van der Waals surface area contributed by atoms with Gasteiger partial charge < -0.3 is 0 Å². The Morgan fingerprint density at radius 2 is 1.68 bits per heavy atom. The van der Waals surface area contributed by atoms with E-state index in [1.54, 1.807) is 6.07 Å². The normalized spacial score (nSPS) is 10.3. The van der Waals surface area contributed by atoms with Gasteiger partial charge in [-0.2, -0.15) is 8.78 Å². The lowest BCUT2D eigenvalue weighted by Crippen LogP contribution is -1.91. The fourth-order valence-electron chi connectivity index (χ4n) is 1.84. The zero-order valence-electron chi connectivity index (χ0n) is 9.84. The van der Waals surface area contributed by atoms with Crippen LogP contribution in [-0.2, 0) is 6.42 Å². The Morgan fingerprint density at radius 3 is 2.37 bits per heavy atom. The summed E-state index contributed by atoms with van der Waals surface area (Å²) in [5.74, 6) is -0.951. The van der Waals surface area contributed by atoms with Crippen LogP contribution in [0.4, 0.5) is 17.6 Å². The van der Waals surface area contributed by atoms with E-state index >= 15 is 0 Å². The van der Waals surface area contributed by atoms with Crippen molar-refractivity contribution in [3.8, 4) is 11.1 Å². The van der Waals surface area contributed by atoms with E-state index in [-0.39, 0.29) is 6.42 Å². The number of hydrogen-bond donors (Lipinski definition) is 0. The molecule has 0 radical (unpaired) electrons. The maximum atomic E-state index is 13.3. The van der Waals surface area contributed by atoms with E-state index in [9.17, 15) is 17.6 Å². The maximum absolute atomic E-state index is 13.3. The predicted molar refractivity (Wildman–Crippen MR) is 65.8 cm³/mol. The van der Waals surface area contributed by atoms with Gasteiger partial charge in [0.1, 0.15) is 11.6 Å². The molecule has 0 fully saturated rings. The van der Waals surface area contributed by atoms with E-state index in [1.807, 2.05) is 0 Å². The quantitative estimate of drug-likeness (QED) is 0.689. The molecule has 0 unspecified atom stereocenters. The molecule has 2 rings (SSSR count). The number of halogens is 4. The first kappa shape index (κ1) is 13.3. The van der Waals surface area contributed by atoms with Gasteiger partial charge in [-0.3, -0.25) is 0 Å². The molecule has 0 bridgehead atoms. The first-order valence-electron chi connectivity index (χ1n) is 5.62. The van der Waals surface area contributed by atoms with Crippen molar-refractivity contribution in [2.24, 2.45) is 0 Å². The van der Waals surface area contributed by atoms with Gasteiger partial charge in [0.05, 0.1) is 0 Å². The zero-order chi connectivity index (χ0) is 13.8. The van der Waals surface area contributed by atoms with E-state index < -0.39 is 17.7 Å². The summed E-state index contributed by atoms with van der Waals surface area (Å²) in [6.45, 7) is 0. The van der Waals surface area contributed by atoms with Crippen molar-refractivity contribution in [1.82, 2.24) is 0 Å². The molecule has 0 N–H and O–H groups in total. The fourth-order valence-corrected chi connectivity index (χ4v) is 1.84. The minimum atomic E-state index is -1.80. The van der Waals surface area contributed by atoms with E-state index in [0.29, 0.717) is 16.7 Å². The van der Waals surface area contributed by atoms with E-state index in [1.165, 1.54) is 36.4 Å². The summed E-state index contributed by atoms with van der Waals surface area (Å²) in [4.78, 5) is 0. The fraction of sp³-hybridized carbons (Fsp3) is 0.0667. The molecule has 4 heteroatoms. The molecule has 2 aromatic rings. The summed E-state index contributed by atoms with van der Waals surface area (Å²) >= 11 is 0. The summed E-state index contributed by atoms with van der Waals surface area (Å²) in [5.41, 5.74) is 1.39. The monoisotopic (exact) mass is 266 g/mol. The zero-order valence-corrected chi connectivity index (χ0v) is 9.84. The average molecular weight is 266 g/mol. The Morgan fingerprint density at radius 1 is 0.947 bits per heavy atom. The topological polar surface area (TPSA) is 0 Å². The van der Waals surface area contributed by atoms with Gasteiger partial charge in [-0.15, -0.1) is 0 Å². The molecule has 0 aliphatic rings. The van der Waals surface area contributed by atoms with Crippen molar-refractivity contribution in [3.63, 3.8) is 0 Å². The molecule has 98 valence electrons. The third-order valence-corrected chi connectivity index (χ3v) is 2.68. The summed E-state index contributed by atoms with van der Waals surface area (Å²) in [5, 5.41) is 0. The van der Waals surface area contributed by atoms with Crippen LogP contribution in [0, 0.1) is 11.6 Å². The van der Waals surface area contributed by atoms with Crippen LogP contribution in [0.15, 0.2) is 54.6 Å². The van der Waals surface area contributed by atoms with Gasteiger partial charge >= 0.3 is 0 Å². The average Bonchev–Trinajstić information content (AvgIpc) is 2.37. The molecule has 0 aliphatic carbocycles. The second-order valence-electron chi connectivity index (χ2n) is 4.01. The van der Waals surface area contributed by atoms with Gasteiger partial charge in [-0.05, 0) is 53.5 Å². The van der Waals surface area contributed by atoms with Crippen molar-refractivity contribution < 1.29 is 17.6 Å². The van der Waals surface area contributed by atoms with Crippen LogP contribution in [0.25, 0.3) is 11.1 Å². The largest absolute Gasteiger partial charge is 0.266 e. The van der Waals surface area contributed by atoms with Gasteiger partial charge in [-0.1, -0.05) is 18.2 Å². The van der Waals surface area contributed by atoms with Crippen LogP contribution >= 0.6 is 0 Å². The van der Waals surface area contributed by atoms with Crippen LogP contribution in [0.2, 0.25) is 0 Å². The Hall–Kier alpha value is -2.10. The highest BCUT2D eigenvalue weighted by molar-refractivity contribution is 5.67. The Balaban J connectivity index is 2.48. The van der Waals surface area contributed by atoms with E-state index in [0.717, 1.165) is 6.08 Å². The Kier molecular flexibility index (Phi) is 4.00. The molecule has 0 spiro atoms. The summed E-state index contributed by atoms with van der Waals surface area (Å²) in [7, 11) is 0. The van der Waals surface area contributed by atoms with Crippen molar-refractivity contribution in [2.75, 3.05) is 0 Å². The van der Waals surface area contributed by atoms with E-state index in [2.05, 4.69) is 0 Å². The molecule has 0 aliphatic heterocycles. The molecular weight excluding hydrogens is 256 g/mol. The van der Waals surface area contributed by atoms with Gasteiger partial charge in [-0.25, -0.2) is 8.78 Å². The lowest BCUT2D eigenvalue weighted by atomic mass is 9.97. The van der Waals surface area contributed by atoms with Crippen LogP contribution < -0.4 is 0 Å². The van der Waals surface area contributed by atoms with Crippen molar-refractivity contribution >= 4 is 0 Å². The van der Waals surface area contributed by atoms with E-state index in [4.69, 9.17) is 0 Å². The molecule has 0 nitrogen and oxygen atoms in total. The van der Waals surface area contributed by atoms with Crippen LogP contribution in [0.1, 0.15) is 5.56 Å². The van der Waals surface area contributed by atoms with Gasteiger partial charge in [0, 0.05) is 0 Å². The summed E-state index contributed by atoms with van der Waals surface area (Å²) < 4.78 is 50.7. The highest BCUT2D eigenvalue weighted by Gasteiger charge is 2.07. The van der Waals surface area contributed by atoms with Crippen LogP contribution in [0.5, 0.6) is 0 Å². The second kappa shape index (κ2) is 5.69. The SMILES string of the molecule is FC(F)=CCc1ccc(F)cc1-c1cccc(F)c1. The number of benzene rings is 2. The lowest BCUT2D eigenvalue weighted by molar-refractivity contribution is 0.418. The standard InChI is InChI=1S/C15H10F4/c16-12-3-1-2-11(8-12)14-9-13(17)6-4-10(14)5-7-15(18)19/h1-4,6-9H,5H2. The second-order valence-corrected chi connectivity index (χ2v) is 4.01. The summed E-state index contributed by atoms with van der Waals surface area (Å²) in [6.07, 6.45) is -1.08. The highest BCUT2D eigenvalue weighted by Crippen LogP contribution is 2.26. The van der Waals surface area contributed by atoms with Crippen molar-refractivity contribution in [2.45, 2.75) is 6.42 Å². The van der Waals surface area contributed by atoms with Gasteiger partial charge in [0.15, 0.2) is 0 Å². The molecule has 19 heavy (non-hydrogen) atoms. The van der Waals surface area contributed by atoms with Crippen LogP contribution in [0.3, 0.4) is 0 Å². The Bertz CT molecular complexity index is 613. The van der Waals surface area contributed by atoms with Crippen molar-refractivity contribution in [3.05, 3.63) is 71.8 Å². The summed E-state index contributed by atoms with van der Waals surface area (Å²) in [6, 6.07) is 9.45. The number of rotatable bonds is 3. The highest BCUT2D eigenvalue weighted by atomic mass is 19.3. The lowest BCUT2D eigenvalue weighted by Gasteiger charge is -2.08.